The molecular formula is C21H27ClN4O. The SMILES string of the molecule is CC(C)Cn1cc(C2N=CC=C(c3ccc(Cl)cc3)N2CC(C)(C)O)cn1. The highest BCUT2D eigenvalue weighted by Gasteiger charge is 2.30. The summed E-state index contributed by atoms with van der Waals surface area (Å²) in [6, 6.07) is 7.73. The second-order valence-corrected chi connectivity index (χ2v) is 8.50. The summed E-state index contributed by atoms with van der Waals surface area (Å²) < 4.78 is 1.96. The van der Waals surface area contributed by atoms with E-state index in [1.54, 1.807) is 0 Å². The zero-order chi connectivity index (χ0) is 19.6. The zero-order valence-electron chi connectivity index (χ0n) is 16.3. The monoisotopic (exact) mass is 386 g/mol. The molecule has 5 nitrogen and oxygen atoms in total. The van der Waals surface area contributed by atoms with E-state index in [4.69, 9.17) is 11.6 Å². The van der Waals surface area contributed by atoms with Gasteiger partial charge in [-0.1, -0.05) is 37.6 Å². The average molecular weight is 387 g/mol. The molecule has 2 heterocycles. The molecule has 3 rings (SSSR count). The lowest BCUT2D eigenvalue weighted by Gasteiger charge is -2.38. The van der Waals surface area contributed by atoms with Crippen LogP contribution in [0.3, 0.4) is 0 Å². The van der Waals surface area contributed by atoms with Crippen molar-refractivity contribution in [3.05, 3.63) is 58.9 Å². The third kappa shape index (κ3) is 4.99. The van der Waals surface area contributed by atoms with Crippen molar-refractivity contribution in [1.29, 1.82) is 0 Å². The van der Waals surface area contributed by atoms with E-state index >= 15 is 0 Å². The normalized spacial score (nSPS) is 17.5. The lowest BCUT2D eigenvalue weighted by molar-refractivity contribution is 0.0432. The number of allylic oxidation sites excluding steroid dienone is 1. The highest BCUT2D eigenvalue weighted by molar-refractivity contribution is 6.30. The van der Waals surface area contributed by atoms with E-state index in [0.717, 1.165) is 23.4 Å². The van der Waals surface area contributed by atoms with Crippen LogP contribution in [0.2, 0.25) is 5.02 Å². The van der Waals surface area contributed by atoms with Crippen molar-refractivity contribution in [1.82, 2.24) is 14.7 Å². The maximum absolute atomic E-state index is 10.5. The van der Waals surface area contributed by atoms with Crippen molar-refractivity contribution in [2.24, 2.45) is 10.9 Å². The molecule has 0 radical (unpaired) electrons. The van der Waals surface area contributed by atoms with Gasteiger partial charge >= 0.3 is 0 Å². The molecule has 6 heteroatoms. The van der Waals surface area contributed by atoms with Crippen LogP contribution in [0, 0.1) is 5.92 Å². The van der Waals surface area contributed by atoms with E-state index in [1.165, 1.54) is 0 Å². The number of aromatic nitrogens is 2. The molecule has 0 bridgehead atoms. The number of benzene rings is 1. The molecule has 1 aromatic carbocycles. The molecule has 0 aliphatic carbocycles. The van der Waals surface area contributed by atoms with Gasteiger partial charge in [0, 0.05) is 41.8 Å². The maximum atomic E-state index is 10.5. The minimum absolute atomic E-state index is 0.229. The number of aliphatic hydroxyl groups is 1. The fourth-order valence-corrected chi connectivity index (χ4v) is 3.35. The van der Waals surface area contributed by atoms with Crippen molar-refractivity contribution >= 4 is 23.5 Å². The van der Waals surface area contributed by atoms with E-state index in [-0.39, 0.29) is 6.17 Å². The molecule has 1 N–H and O–H groups in total. The molecule has 1 aliphatic heterocycles. The van der Waals surface area contributed by atoms with Crippen LogP contribution in [0.5, 0.6) is 0 Å². The molecule has 1 unspecified atom stereocenters. The summed E-state index contributed by atoms with van der Waals surface area (Å²) in [5.41, 5.74) is 2.18. The molecule has 144 valence electrons. The second kappa shape index (κ2) is 7.87. The van der Waals surface area contributed by atoms with Gasteiger partial charge in [-0.2, -0.15) is 5.10 Å². The van der Waals surface area contributed by atoms with Crippen molar-refractivity contribution in [2.75, 3.05) is 6.54 Å². The van der Waals surface area contributed by atoms with Gasteiger partial charge in [0.15, 0.2) is 0 Å². The highest BCUT2D eigenvalue weighted by atomic mass is 35.5. The van der Waals surface area contributed by atoms with Crippen LogP contribution in [0.1, 0.15) is 45.0 Å². The van der Waals surface area contributed by atoms with Crippen LogP contribution >= 0.6 is 11.6 Å². The number of aliphatic imine (C=N–C) groups is 1. The minimum Gasteiger partial charge on any atom is -0.389 e. The molecule has 2 aromatic rings. The Hall–Kier alpha value is -2.11. The molecular weight excluding hydrogens is 360 g/mol. The molecule has 1 aromatic heterocycles. The minimum atomic E-state index is -0.870. The van der Waals surface area contributed by atoms with Crippen LogP contribution < -0.4 is 0 Å². The van der Waals surface area contributed by atoms with Crippen molar-refractivity contribution in [3.63, 3.8) is 0 Å². The van der Waals surface area contributed by atoms with Gasteiger partial charge in [0.25, 0.3) is 0 Å². The molecule has 0 spiro atoms. The number of hydrogen-bond acceptors (Lipinski definition) is 4. The largest absolute Gasteiger partial charge is 0.389 e. The number of hydrogen-bond donors (Lipinski definition) is 1. The third-order valence-electron chi connectivity index (χ3n) is 4.27. The summed E-state index contributed by atoms with van der Waals surface area (Å²) in [5.74, 6) is 0.518. The quantitative estimate of drug-likeness (QED) is 0.801. The Bertz CT molecular complexity index is 831. The summed E-state index contributed by atoms with van der Waals surface area (Å²) in [4.78, 5) is 6.81. The highest BCUT2D eigenvalue weighted by Crippen LogP contribution is 2.34. The summed E-state index contributed by atoms with van der Waals surface area (Å²) in [6.45, 7) is 9.26. The summed E-state index contributed by atoms with van der Waals surface area (Å²) in [7, 11) is 0. The Kier molecular flexibility index (Phi) is 5.72. The first-order valence-electron chi connectivity index (χ1n) is 9.24. The standard InChI is InChI=1S/C21H27ClN4O/c1-15(2)12-25-13-17(11-24-25)20-23-10-9-19(26(20)14-21(3,4)27)16-5-7-18(22)8-6-16/h5-11,13,15,20,27H,12,14H2,1-4H3. The number of rotatable bonds is 6. The number of halogens is 1. The number of β-amino-alcohol motifs (C(OH)–C–C–N with tert-alkyl or cyclic N) is 1. The fraction of sp³-hybridized carbons (Fsp3) is 0.429. The van der Waals surface area contributed by atoms with Crippen LogP contribution in [-0.4, -0.2) is 38.1 Å². The van der Waals surface area contributed by atoms with Gasteiger partial charge in [0.2, 0.25) is 0 Å². The first-order chi connectivity index (χ1) is 12.7. The lowest BCUT2D eigenvalue weighted by Crippen LogP contribution is -2.40. The first-order valence-corrected chi connectivity index (χ1v) is 9.61. The third-order valence-corrected chi connectivity index (χ3v) is 4.52. The van der Waals surface area contributed by atoms with Crippen LogP contribution in [0.25, 0.3) is 5.70 Å². The first kappa shape index (κ1) is 19.6. The van der Waals surface area contributed by atoms with Crippen molar-refractivity contribution in [3.8, 4) is 0 Å². The summed E-state index contributed by atoms with van der Waals surface area (Å²) in [6.07, 6.45) is 7.49. The Balaban J connectivity index is 1.95. The van der Waals surface area contributed by atoms with Crippen molar-refractivity contribution < 1.29 is 5.11 Å². The molecule has 27 heavy (non-hydrogen) atoms. The topological polar surface area (TPSA) is 53.7 Å². The van der Waals surface area contributed by atoms with Crippen molar-refractivity contribution in [2.45, 2.75) is 46.0 Å². The molecule has 0 saturated heterocycles. The van der Waals surface area contributed by atoms with Gasteiger partial charge in [-0.15, -0.1) is 0 Å². The van der Waals surface area contributed by atoms with Gasteiger partial charge in [-0.05, 0) is 43.5 Å². The predicted molar refractivity (Wildman–Crippen MR) is 111 cm³/mol. The number of nitrogens with zero attached hydrogens (tertiary/aromatic N) is 4. The molecule has 0 amide bonds. The van der Waals surface area contributed by atoms with Gasteiger partial charge in [0.05, 0.1) is 11.8 Å². The van der Waals surface area contributed by atoms with Crippen LogP contribution in [0.4, 0.5) is 0 Å². The van der Waals surface area contributed by atoms with E-state index in [9.17, 15) is 5.11 Å². The predicted octanol–water partition coefficient (Wildman–Crippen LogP) is 4.39. The fourth-order valence-electron chi connectivity index (χ4n) is 3.23. The Morgan fingerprint density at radius 2 is 1.93 bits per heavy atom. The smallest absolute Gasteiger partial charge is 0.150 e. The van der Waals surface area contributed by atoms with Crippen LogP contribution in [0.15, 0.2) is 47.7 Å². The molecule has 1 atom stereocenters. The maximum Gasteiger partial charge on any atom is 0.150 e. The van der Waals surface area contributed by atoms with E-state index in [0.29, 0.717) is 17.5 Å². The average Bonchev–Trinajstić information content (AvgIpc) is 3.02. The van der Waals surface area contributed by atoms with E-state index in [2.05, 4.69) is 28.8 Å². The Morgan fingerprint density at radius 3 is 2.56 bits per heavy atom. The van der Waals surface area contributed by atoms with Gasteiger partial charge in [-0.3, -0.25) is 9.67 Å². The van der Waals surface area contributed by atoms with E-state index < -0.39 is 5.60 Å². The Morgan fingerprint density at radius 1 is 1.22 bits per heavy atom. The second-order valence-electron chi connectivity index (χ2n) is 8.06. The summed E-state index contributed by atoms with van der Waals surface area (Å²) in [5, 5.41) is 15.7. The molecule has 0 saturated carbocycles. The van der Waals surface area contributed by atoms with Gasteiger partial charge < -0.3 is 10.0 Å². The lowest BCUT2D eigenvalue weighted by atomic mass is 10.0. The Labute approximate surface area is 166 Å². The van der Waals surface area contributed by atoms with Gasteiger partial charge in [-0.25, -0.2) is 0 Å². The van der Waals surface area contributed by atoms with E-state index in [1.807, 2.05) is 67.5 Å². The zero-order valence-corrected chi connectivity index (χ0v) is 17.1. The van der Waals surface area contributed by atoms with Gasteiger partial charge in [0.1, 0.15) is 6.17 Å². The summed E-state index contributed by atoms with van der Waals surface area (Å²) >= 11 is 6.05. The molecule has 0 fully saturated rings. The van der Waals surface area contributed by atoms with Crippen LogP contribution in [-0.2, 0) is 6.54 Å². The molecule has 1 aliphatic rings.